The van der Waals surface area contributed by atoms with Crippen molar-refractivity contribution in [1.29, 1.82) is 0 Å². The average molecular weight is 293 g/mol. The summed E-state index contributed by atoms with van der Waals surface area (Å²) in [5, 5.41) is 3.48. The number of nitrogens with one attached hydrogen (secondary N) is 1. The van der Waals surface area contributed by atoms with E-state index in [-0.39, 0.29) is 12.0 Å². The summed E-state index contributed by atoms with van der Waals surface area (Å²) in [6.45, 7) is 4.56. The molecule has 0 spiro atoms. The van der Waals surface area contributed by atoms with Crippen molar-refractivity contribution < 1.29 is 9.53 Å². The van der Waals surface area contributed by atoms with Crippen molar-refractivity contribution >= 4 is 17.7 Å². The Bertz CT molecular complexity index is 447. The molecule has 1 fully saturated rings. The number of benzene rings is 1. The van der Waals surface area contributed by atoms with Crippen molar-refractivity contribution in [3.05, 3.63) is 35.9 Å². The van der Waals surface area contributed by atoms with Crippen molar-refractivity contribution in [3.8, 4) is 0 Å². The number of hydrogen-bond donors (Lipinski definition) is 1. The summed E-state index contributed by atoms with van der Waals surface area (Å²) >= 11 is 1.95. The van der Waals surface area contributed by atoms with Gasteiger partial charge < -0.3 is 4.74 Å². The van der Waals surface area contributed by atoms with Crippen LogP contribution in [0.25, 0.3) is 0 Å². The first-order valence-electron chi connectivity index (χ1n) is 6.98. The van der Waals surface area contributed by atoms with Gasteiger partial charge in [0.05, 0.1) is 7.11 Å². The van der Waals surface area contributed by atoms with Crippen molar-refractivity contribution in [2.45, 2.75) is 32.4 Å². The standard InChI is InChI=1S/C16H23NO2S/c1-16(2)9-13(10-20-11-16)17-14(15(18)19-3)12-7-5-4-6-8-12/h4-8,13-14,17H,9-11H2,1-3H3. The molecule has 0 aromatic heterocycles. The topological polar surface area (TPSA) is 38.3 Å². The predicted molar refractivity (Wildman–Crippen MR) is 83.8 cm³/mol. The lowest BCUT2D eigenvalue weighted by Crippen LogP contribution is -2.44. The zero-order valence-corrected chi connectivity index (χ0v) is 13.2. The Balaban J connectivity index is 2.11. The molecule has 20 heavy (non-hydrogen) atoms. The summed E-state index contributed by atoms with van der Waals surface area (Å²) in [7, 11) is 1.44. The lowest BCUT2D eigenvalue weighted by molar-refractivity contribution is -0.143. The molecule has 110 valence electrons. The fourth-order valence-corrected chi connectivity index (χ4v) is 3.96. The maximum absolute atomic E-state index is 12.1. The van der Waals surface area contributed by atoms with Crippen LogP contribution in [0.5, 0.6) is 0 Å². The molecule has 0 saturated carbocycles. The van der Waals surface area contributed by atoms with E-state index in [0.717, 1.165) is 17.7 Å². The van der Waals surface area contributed by atoms with Crippen LogP contribution in [0.2, 0.25) is 0 Å². The Labute approximate surface area is 125 Å². The van der Waals surface area contributed by atoms with E-state index in [2.05, 4.69) is 19.2 Å². The normalized spacial score (nSPS) is 23.1. The predicted octanol–water partition coefficient (Wildman–Crippen LogP) is 3.02. The monoisotopic (exact) mass is 293 g/mol. The second kappa shape index (κ2) is 6.64. The van der Waals surface area contributed by atoms with Crippen LogP contribution in [-0.2, 0) is 9.53 Å². The summed E-state index contributed by atoms with van der Waals surface area (Å²) in [6.07, 6.45) is 1.08. The van der Waals surface area contributed by atoms with Crippen LogP contribution in [0.4, 0.5) is 0 Å². The quantitative estimate of drug-likeness (QED) is 0.866. The molecular weight excluding hydrogens is 270 g/mol. The minimum Gasteiger partial charge on any atom is -0.468 e. The van der Waals surface area contributed by atoms with Crippen LogP contribution >= 0.6 is 11.8 Å². The van der Waals surface area contributed by atoms with E-state index in [4.69, 9.17) is 4.74 Å². The van der Waals surface area contributed by atoms with Gasteiger partial charge in [-0.15, -0.1) is 0 Å². The highest BCUT2D eigenvalue weighted by Crippen LogP contribution is 2.34. The Morgan fingerprint density at radius 1 is 1.40 bits per heavy atom. The second-order valence-corrected chi connectivity index (χ2v) is 7.14. The Hall–Kier alpha value is -1.00. The lowest BCUT2D eigenvalue weighted by atomic mass is 9.87. The number of rotatable bonds is 4. The summed E-state index contributed by atoms with van der Waals surface area (Å²) in [6, 6.07) is 9.76. The number of methoxy groups -OCH3 is 1. The molecule has 1 saturated heterocycles. The molecule has 0 amide bonds. The molecule has 1 aliphatic rings. The van der Waals surface area contributed by atoms with Gasteiger partial charge in [0.2, 0.25) is 0 Å². The number of carbonyl (C=O) groups is 1. The zero-order valence-electron chi connectivity index (χ0n) is 12.4. The van der Waals surface area contributed by atoms with Crippen LogP contribution in [0.1, 0.15) is 31.9 Å². The Morgan fingerprint density at radius 2 is 2.10 bits per heavy atom. The molecule has 1 heterocycles. The molecule has 0 radical (unpaired) electrons. The maximum atomic E-state index is 12.1. The van der Waals surface area contributed by atoms with E-state index in [1.54, 1.807) is 0 Å². The molecule has 2 rings (SSSR count). The van der Waals surface area contributed by atoms with Crippen LogP contribution in [0.3, 0.4) is 0 Å². The molecule has 1 aromatic carbocycles. The highest BCUT2D eigenvalue weighted by Gasteiger charge is 2.32. The van der Waals surface area contributed by atoms with Gasteiger partial charge >= 0.3 is 5.97 Å². The van der Waals surface area contributed by atoms with Crippen LogP contribution in [0.15, 0.2) is 30.3 Å². The minimum absolute atomic E-state index is 0.218. The van der Waals surface area contributed by atoms with E-state index in [0.29, 0.717) is 11.5 Å². The third kappa shape index (κ3) is 4.00. The molecular formula is C16H23NO2S. The zero-order chi connectivity index (χ0) is 14.6. The number of carbonyl (C=O) groups excluding carboxylic acids is 1. The van der Waals surface area contributed by atoms with Crippen molar-refractivity contribution in [1.82, 2.24) is 5.32 Å². The first kappa shape index (κ1) is 15.4. The minimum atomic E-state index is -0.374. The molecule has 1 aromatic rings. The van der Waals surface area contributed by atoms with Gasteiger partial charge in [0, 0.05) is 11.8 Å². The smallest absolute Gasteiger partial charge is 0.327 e. The lowest BCUT2D eigenvalue weighted by Gasteiger charge is -2.36. The highest BCUT2D eigenvalue weighted by molar-refractivity contribution is 7.99. The summed E-state index contributed by atoms with van der Waals surface area (Å²) in [4.78, 5) is 12.1. The molecule has 0 bridgehead atoms. The van der Waals surface area contributed by atoms with Crippen LogP contribution in [-0.4, -0.2) is 30.6 Å². The number of ether oxygens (including phenoxy) is 1. The van der Waals surface area contributed by atoms with Gasteiger partial charge in [0.1, 0.15) is 6.04 Å². The van der Waals surface area contributed by atoms with Crippen molar-refractivity contribution in [3.63, 3.8) is 0 Å². The molecule has 0 aliphatic carbocycles. The van der Waals surface area contributed by atoms with Gasteiger partial charge in [-0.05, 0) is 23.2 Å². The summed E-state index contributed by atoms with van der Waals surface area (Å²) < 4.78 is 4.95. The number of thioether (sulfide) groups is 1. The van der Waals surface area contributed by atoms with Crippen LogP contribution in [0, 0.1) is 5.41 Å². The van der Waals surface area contributed by atoms with E-state index in [1.807, 2.05) is 42.1 Å². The third-order valence-electron chi connectivity index (χ3n) is 3.58. The number of hydrogen-bond acceptors (Lipinski definition) is 4. The second-order valence-electron chi connectivity index (χ2n) is 6.11. The van der Waals surface area contributed by atoms with Crippen molar-refractivity contribution in [2.24, 2.45) is 5.41 Å². The Kier molecular flexibility index (Phi) is 5.11. The van der Waals surface area contributed by atoms with Gasteiger partial charge in [0.15, 0.2) is 0 Å². The largest absolute Gasteiger partial charge is 0.468 e. The van der Waals surface area contributed by atoms with E-state index in [1.165, 1.54) is 12.9 Å². The molecule has 1 N–H and O–H groups in total. The van der Waals surface area contributed by atoms with Crippen LogP contribution < -0.4 is 5.32 Å². The first-order valence-corrected chi connectivity index (χ1v) is 8.14. The highest BCUT2D eigenvalue weighted by atomic mass is 32.2. The molecule has 2 atom stereocenters. The fourth-order valence-electron chi connectivity index (χ4n) is 2.67. The summed E-state index contributed by atoms with van der Waals surface area (Å²) in [5.74, 6) is 2.01. The molecule has 4 heteroatoms. The van der Waals surface area contributed by atoms with Gasteiger partial charge in [-0.3, -0.25) is 5.32 Å². The third-order valence-corrected chi connectivity index (χ3v) is 5.21. The van der Waals surface area contributed by atoms with Crippen molar-refractivity contribution in [2.75, 3.05) is 18.6 Å². The van der Waals surface area contributed by atoms with Gasteiger partial charge in [0.25, 0.3) is 0 Å². The van der Waals surface area contributed by atoms with Gasteiger partial charge in [-0.2, -0.15) is 11.8 Å². The molecule has 2 unspecified atom stereocenters. The number of esters is 1. The molecule has 1 aliphatic heterocycles. The molecule has 3 nitrogen and oxygen atoms in total. The SMILES string of the molecule is COC(=O)C(NC1CSCC(C)(C)C1)c1ccccc1. The van der Waals surface area contributed by atoms with E-state index >= 15 is 0 Å². The van der Waals surface area contributed by atoms with E-state index in [9.17, 15) is 4.79 Å². The summed E-state index contributed by atoms with van der Waals surface area (Å²) in [5.41, 5.74) is 1.28. The van der Waals surface area contributed by atoms with E-state index < -0.39 is 0 Å². The van der Waals surface area contributed by atoms with Gasteiger partial charge in [-0.1, -0.05) is 44.2 Å². The first-order chi connectivity index (χ1) is 9.52. The Morgan fingerprint density at radius 3 is 2.70 bits per heavy atom. The van der Waals surface area contributed by atoms with Gasteiger partial charge in [-0.25, -0.2) is 4.79 Å². The maximum Gasteiger partial charge on any atom is 0.327 e. The fraction of sp³-hybridized carbons (Fsp3) is 0.562. The average Bonchev–Trinajstić information content (AvgIpc) is 2.44.